The Kier molecular flexibility index (Phi) is 5.54. The number of benzene rings is 2. The number of fused-ring (bicyclic) bond motifs is 1. The Hall–Kier alpha value is -2.76. The summed E-state index contributed by atoms with van der Waals surface area (Å²) in [7, 11) is 1.58. The van der Waals surface area contributed by atoms with E-state index in [0.717, 1.165) is 40.7 Å². The first-order valence-electron chi connectivity index (χ1n) is 8.65. The Morgan fingerprint density at radius 3 is 2.56 bits per heavy atom. The molecule has 0 aromatic heterocycles. The minimum absolute atomic E-state index is 0.0668. The fourth-order valence-corrected chi connectivity index (χ4v) is 3.37. The summed E-state index contributed by atoms with van der Waals surface area (Å²) in [6.45, 7) is -0.0668. The van der Waals surface area contributed by atoms with Gasteiger partial charge in [-0.2, -0.15) is 13.2 Å². The van der Waals surface area contributed by atoms with Crippen LogP contribution in [0.1, 0.15) is 23.1 Å². The third-order valence-electron chi connectivity index (χ3n) is 4.65. The standard InChI is InChI=1S/C21H20F3NO2/c1-27-17-8-7-15-12-16(11-14-5-3-2-4-6-14)18(19(15)13-17)9-10-25-20(26)21(22,23)24/h2-8,13H,9-12H2,1H3,(H,25,26). The van der Waals surface area contributed by atoms with Gasteiger partial charge in [-0.1, -0.05) is 42.0 Å². The van der Waals surface area contributed by atoms with Crippen molar-refractivity contribution in [2.75, 3.05) is 13.7 Å². The number of carbonyl (C=O) groups is 1. The zero-order chi connectivity index (χ0) is 19.4. The van der Waals surface area contributed by atoms with Gasteiger partial charge in [-0.15, -0.1) is 0 Å². The second kappa shape index (κ2) is 7.86. The molecule has 1 N–H and O–H groups in total. The highest BCUT2D eigenvalue weighted by Gasteiger charge is 2.38. The molecule has 27 heavy (non-hydrogen) atoms. The molecule has 0 atom stereocenters. The predicted octanol–water partition coefficient (Wildman–Crippen LogP) is 4.32. The minimum atomic E-state index is -4.86. The molecule has 1 aliphatic rings. The minimum Gasteiger partial charge on any atom is -0.497 e. The summed E-state index contributed by atoms with van der Waals surface area (Å²) in [6, 6.07) is 15.7. The van der Waals surface area contributed by atoms with Crippen LogP contribution in [0.25, 0.3) is 5.57 Å². The van der Waals surface area contributed by atoms with Crippen LogP contribution in [0.4, 0.5) is 13.2 Å². The summed E-state index contributed by atoms with van der Waals surface area (Å²) in [5, 5.41) is 1.96. The third kappa shape index (κ3) is 4.51. The molecule has 0 saturated heterocycles. The van der Waals surface area contributed by atoms with Gasteiger partial charge in [0.1, 0.15) is 5.75 Å². The number of methoxy groups -OCH3 is 1. The van der Waals surface area contributed by atoms with Crippen LogP contribution in [0.3, 0.4) is 0 Å². The molecule has 3 nitrogen and oxygen atoms in total. The van der Waals surface area contributed by atoms with Gasteiger partial charge in [-0.05, 0) is 53.7 Å². The van der Waals surface area contributed by atoms with Crippen molar-refractivity contribution in [2.45, 2.75) is 25.4 Å². The maximum atomic E-state index is 12.4. The zero-order valence-corrected chi connectivity index (χ0v) is 14.9. The van der Waals surface area contributed by atoms with Gasteiger partial charge in [0, 0.05) is 6.54 Å². The molecule has 1 amide bonds. The number of nitrogens with one attached hydrogen (secondary N) is 1. The topological polar surface area (TPSA) is 38.3 Å². The van der Waals surface area contributed by atoms with Crippen LogP contribution < -0.4 is 10.1 Å². The molecular formula is C21H20F3NO2. The summed E-state index contributed by atoms with van der Waals surface area (Å²) in [6.07, 6.45) is -3.06. The van der Waals surface area contributed by atoms with Crippen molar-refractivity contribution in [3.05, 3.63) is 70.8 Å². The van der Waals surface area contributed by atoms with E-state index in [4.69, 9.17) is 4.74 Å². The van der Waals surface area contributed by atoms with Crippen LogP contribution >= 0.6 is 0 Å². The van der Waals surface area contributed by atoms with Crippen LogP contribution in [-0.2, 0) is 17.6 Å². The Balaban J connectivity index is 1.83. The van der Waals surface area contributed by atoms with Crippen molar-refractivity contribution < 1.29 is 22.7 Å². The highest BCUT2D eigenvalue weighted by molar-refractivity contribution is 5.82. The maximum absolute atomic E-state index is 12.4. The fraction of sp³-hybridized carbons (Fsp3) is 0.286. The lowest BCUT2D eigenvalue weighted by molar-refractivity contribution is -0.173. The molecule has 0 unspecified atom stereocenters. The average Bonchev–Trinajstić information content (AvgIpc) is 2.98. The monoisotopic (exact) mass is 375 g/mol. The highest BCUT2D eigenvalue weighted by atomic mass is 19.4. The van der Waals surface area contributed by atoms with Gasteiger partial charge in [0.2, 0.25) is 0 Å². The Morgan fingerprint density at radius 1 is 1.15 bits per heavy atom. The van der Waals surface area contributed by atoms with E-state index in [1.54, 1.807) is 7.11 Å². The van der Waals surface area contributed by atoms with E-state index in [2.05, 4.69) is 0 Å². The molecule has 0 bridgehead atoms. The predicted molar refractivity (Wildman–Crippen MR) is 97.4 cm³/mol. The SMILES string of the molecule is COc1ccc2c(c1)C(CCNC(=O)C(F)(F)F)=C(Cc1ccccc1)C2. The summed E-state index contributed by atoms with van der Waals surface area (Å²) < 4.78 is 42.5. The molecule has 2 aromatic rings. The number of ether oxygens (including phenoxy) is 1. The third-order valence-corrected chi connectivity index (χ3v) is 4.65. The van der Waals surface area contributed by atoms with E-state index in [-0.39, 0.29) is 6.54 Å². The van der Waals surface area contributed by atoms with E-state index >= 15 is 0 Å². The van der Waals surface area contributed by atoms with Gasteiger partial charge in [0.15, 0.2) is 0 Å². The van der Waals surface area contributed by atoms with Crippen LogP contribution in [0, 0.1) is 0 Å². The van der Waals surface area contributed by atoms with Crippen molar-refractivity contribution in [3.8, 4) is 5.75 Å². The lowest BCUT2D eigenvalue weighted by Crippen LogP contribution is -2.37. The normalized spacial score (nSPS) is 13.5. The van der Waals surface area contributed by atoms with Crippen LogP contribution in [-0.4, -0.2) is 25.7 Å². The van der Waals surface area contributed by atoms with Gasteiger partial charge in [0.05, 0.1) is 7.11 Å². The highest BCUT2D eigenvalue weighted by Crippen LogP contribution is 2.38. The lowest BCUT2D eigenvalue weighted by Gasteiger charge is -2.12. The Labute approximate surface area is 155 Å². The van der Waals surface area contributed by atoms with Crippen molar-refractivity contribution in [2.24, 2.45) is 0 Å². The second-order valence-electron chi connectivity index (χ2n) is 6.45. The van der Waals surface area contributed by atoms with E-state index in [0.29, 0.717) is 12.2 Å². The molecule has 6 heteroatoms. The maximum Gasteiger partial charge on any atom is 0.471 e. The van der Waals surface area contributed by atoms with Gasteiger partial charge in [-0.25, -0.2) is 0 Å². The van der Waals surface area contributed by atoms with Crippen molar-refractivity contribution in [1.82, 2.24) is 5.32 Å². The first-order valence-corrected chi connectivity index (χ1v) is 8.65. The number of rotatable bonds is 6. The van der Waals surface area contributed by atoms with Crippen molar-refractivity contribution in [1.29, 1.82) is 0 Å². The van der Waals surface area contributed by atoms with Crippen LogP contribution in [0.15, 0.2) is 54.1 Å². The van der Waals surface area contributed by atoms with Gasteiger partial charge in [0.25, 0.3) is 0 Å². The Morgan fingerprint density at radius 2 is 1.89 bits per heavy atom. The first-order chi connectivity index (χ1) is 12.9. The van der Waals surface area contributed by atoms with Crippen LogP contribution in [0.5, 0.6) is 5.75 Å². The number of allylic oxidation sites excluding steroid dienone is 1. The van der Waals surface area contributed by atoms with E-state index in [1.807, 2.05) is 53.8 Å². The number of amides is 1. The molecular weight excluding hydrogens is 355 g/mol. The smallest absolute Gasteiger partial charge is 0.471 e. The number of carbonyl (C=O) groups excluding carboxylic acids is 1. The molecule has 0 aliphatic heterocycles. The van der Waals surface area contributed by atoms with E-state index in [1.165, 1.54) is 0 Å². The molecule has 3 rings (SSSR count). The van der Waals surface area contributed by atoms with Gasteiger partial charge in [-0.3, -0.25) is 4.79 Å². The van der Waals surface area contributed by atoms with Crippen LogP contribution in [0.2, 0.25) is 0 Å². The molecule has 0 heterocycles. The largest absolute Gasteiger partial charge is 0.497 e. The number of hydrogen-bond acceptors (Lipinski definition) is 2. The summed E-state index contributed by atoms with van der Waals surface area (Å²) in [5.41, 5.74) is 5.39. The number of halogens is 3. The molecule has 0 fully saturated rings. The lowest BCUT2D eigenvalue weighted by atomic mass is 9.98. The summed E-state index contributed by atoms with van der Waals surface area (Å²) in [5.74, 6) is -1.21. The molecule has 0 spiro atoms. The van der Waals surface area contributed by atoms with Gasteiger partial charge >= 0.3 is 12.1 Å². The van der Waals surface area contributed by atoms with Crippen molar-refractivity contribution in [3.63, 3.8) is 0 Å². The van der Waals surface area contributed by atoms with E-state index in [9.17, 15) is 18.0 Å². The summed E-state index contributed by atoms with van der Waals surface area (Å²) >= 11 is 0. The number of alkyl halides is 3. The summed E-state index contributed by atoms with van der Waals surface area (Å²) in [4.78, 5) is 11.1. The molecule has 1 aliphatic carbocycles. The Bertz CT molecular complexity index is 857. The molecule has 142 valence electrons. The second-order valence-corrected chi connectivity index (χ2v) is 6.45. The first kappa shape index (κ1) is 19.0. The van der Waals surface area contributed by atoms with Gasteiger partial charge < -0.3 is 10.1 Å². The van der Waals surface area contributed by atoms with E-state index < -0.39 is 12.1 Å². The van der Waals surface area contributed by atoms with Crippen molar-refractivity contribution >= 4 is 11.5 Å². The zero-order valence-electron chi connectivity index (χ0n) is 14.9. The number of hydrogen-bond donors (Lipinski definition) is 1. The molecule has 0 radical (unpaired) electrons. The molecule has 2 aromatic carbocycles. The fourth-order valence-electron chi connectivity index (χ4n) is 3.37. The average molecular weight is 375 g/mol. The quantitative estimate of drug-likeness (QED) is 0.817. The molecule has 0 saturated carbocycles.